The molecule has 0 fully saturated rings. The van der Waals surface area contributed by atoms with E-state index in [1.165, 1.54) is 13.2 Å². The summed E-state index contributed by atoms with van der Waals surface area (Å²) in [5.74, 6) is 1.25. The molecule has 1 heterocycles. The number of aryl methyl sites for hydroxylation is 1. The molecule has 0 unspecified atom stereocenters. The number of phenols is 1. The molecule has 0 aliphatic rings. The number of hydrogen-bond acceptors (Lipinski definition) is 6. The highest BCUT2D eigenvalue weighted by molar-refractivity contribution is 6.04. The van der Waals surface area contributed by atoms with E-state index in [1.807, 2.05) is 60.3 Å². The van der Waals surface area contributed by atoms with Crippen molar-refractivity contribution in [2.75, 3.05) is 33.8 Å². The van der Waals surface area contributed by atoms with Crippen molar-refractivity contribution >= 4 is 40.7 Å². The van der Waals surface area contributed by atoms with Crippen LogP contribution in [0, 0.1) is 0 Å². The highest BCUT2D eigenvalue weighted by atomic mass is 16.5. The zero-order valence-electron chi connectivity index (χ0n) is 21.9. The monoisotopic (exact) mass is 514 g/mol. The lowest BCUT2D eigenvalue weighted by Gasteiger charge is -2.13. The van der Waals surface area contributed by atoms with Crippen LogP contribution in [0.25, 0.3) is 29.1 Å². The second kappa shape index (κ2) is 11.5. The minimum absolute atomic E-state index is 0.104. The molecule has 38 heavy (non-hydrogen) atoms. The van der Waals surface area contributed by atoms with Gasteiger partial charge in [0, 0.05) is 35.8 Å². The smallest absolute Gasteiger partial charge is 0.248 e. The Morgan fingerprint density at radius 2 is 1.47 bits per heavy atom. The highest BCUT2D eigenvalue weighted by Gasteiger charge is 2.14. The molecule has 0 saturated carbocycles. The van der Waals surface area contributed by atoms with Crippen LogP contribution in [0.5, 0.6) is 28.7 Å². The molecule has 1 aromatic heterocycles. The number of fused-ring (bicyclic) bond motifs is 1. The number of anilines is 1. The van der Waals surface area contributed by atoms with Gasteiger partial charge in [-0.1, -0.05) is 30.4 Å². The second-order valence-corrected chi connectivity index (χ2v) is 8.45. The van der Waals surface area contributed by atoms with Crippen molar-refractivity contribution < 1.29 is 28.8 Å². The number of ether oxygens (including phenoxy) is 4. The third-order valence-electron chi connectivity index (χ3n) is 6.05. The quantitative estimate of drug-likeness (QED) is 0.219. The van der Waals surface area contributed by atoms with Gasteiger partial charge in [-0.25, -0.2) is 0 Å². The van der Waals surface area contributed by atoms with Crippen LogP contribution in [-0.4, -0.2) is 44.0 Å². The van der Waals surface area contributed by atoms with Crippen LogP contribution >= 0.6 is 0 Å². The molecule has 0 radical (unpaired) electrons. The van der Waals surface area contributed by atoms with E-state index in [4.69, 9.17) is 18.9 Å². The van der Waals surface area contributed by atoms with Gasteiger partial charge in [0.15, 0.2) is 23.0 Å². The standard InChI is InChI=1S/C30H30N2O6/c1-32-18-21(22-8-6-7-9-24(22)32)12-13-28(34)31-23-14-19(15-25(33)29(23)37-4)10-11-20-16-26(35-2)30(38-5)27(17-20)36-3/h6-18,33H,1-5H3,(H,31,34)/b11-10?,13-12+. The highest BCUT2D eigenvalue weighted by Crippen LogP contribution is 2.39. The number of carbonyl (C=O) groups is 1. The zero-order valence-corrected chi connectivity index (χ0v) is 21.9. The number of aromatic hydroxyl groups is 1. The molecular weight excluding hydrogens is 484 g/mol. The number of nitrogens with zero attached hydrogens (tertiary/aromatic N) is 1. The molecule has 1 amide bonds. The Kier molecular flexibility index (Phi) is 7.91. The van der Waals surface area contributed by atoms with Crippen LogP contribution in [0.15, 0.2) is 60.8 Å². The van der Waals surface area contributed by atoms with Gasteiger partial charge in [0.2, 0.25) is 11.7 Å². The summed E-state index contributed by atoms with van der Waals surface area (Å²) < 4.78 is 23.6. The molecule has 196 valence electrons. The Balaban J connectivity index is 1.59. The van der Waals surface area contributed by atoms with Crippen molar-refractivity contribution in [3.8, 4) is 28.7 Å². The minimum Gasteiger partial charge on any atom is -0.504 e. The number of aromatic nitrogens is 1. The van der Waals surface area contributed by atoms with Crippen molar-refractivity contribution in [1.29, 1.82) is 0 Å². The Bertz CT molecular complexity index is 1510. The van der Waals surface area contributed by atoms with Crippen molar-refractivity contribution in [3.63, 3.8) is 0 Å². The van der Waals surface area contributed by atoms with E-state index in [2.05, 4.69) is 5.32 Å². The minimum atomic E-state index is -0.360. The molecule has 0 aliphatic carbocycles. The fraction of sp³-hybridized carbons (Fsp3) is 0.167. The molecule has 2 N–H and O–H groups in total. The summed E-state index contributed by atoms with van der Waals surface area (Å²) in [5, 5.41) is 14.4. The first kappa shape index (κ1) is 26.2. The van der Waals surface area contributed by atoms with E-state index in [0.29, 0.717) is 28.5 Å². The van der Waals surface area contributed by atoms with E-state index >= 15 is 0 Å². The predicted molar refractivity (Wildman–Crippen MR) is 150 cm³/mol. The number of amides is 1. The Hall–Kier alpha value is -4.85. The molecule has 8 nitrogen and oxygen atoms in total. The second-order valence-electron chi connectivity index (χ2n) is 8.45. The van der Waals surface area contributed by atoms with Gasteiger partial charge in [0.25, 0.3) is 0 Å². The fourth-order valence-corrected chi connectivity index (χ4v) is 4.27. The van der Waals surface area contributed by atoms with Crippen LogP contribution < -0.4 is 24.3 Å². The maximum Gasteiger partial charge on any atom is 0.248 e. The number of benzene rings is 3. The molecule has 0 spiro atoms. The third-order valence-corrected chi connectivity index (χ3v) is 6.05. The topological polar surface area (TPSA) is 91.2 Å². The normalized spacial score (nSPS) is 11.3. The van der Waals surface area contributed by atoms with Crippen molar-refractivity contribution in [2.24, 2.45) is 7.05 Å². The molecule has 8 heteroatoms. The van der Waals surface area contributed by atoms with E-state index in [-0.39, 0.29) is 17.4 Å². The van der Waals surface area contributed by atoms with Gasteiger partial charge in [-0.2, -0.15) is 0 Å². The summed E-state index contributed by atoms with van der Waals surface area (Å²) in [7, 11) is 8.04. The lowest BCUT2D eigenvalue weighted by molar-refractivity contribution is -0.111. The lowest BCUT2D eigenvalue weighted by Crippen LogP contribution is -2.09. The van der Waals surface area contributed by atoms with Crippen LogP contribution in [0.3, 0.4) is 0 Å². The summed E-state index contributed by atoms with van der Waals surface area (Å²) in [6.07, 6.45) is 8.81. The Morgan fingerprint density at radius 3 is 2.11 bits per heavy atom. The van der Waals surface area contributed by atoms with Gasteiger partial charge in [-0.3, -0.25) is 4.79 Å². The molecule has 0 bridgehead atoms. The average Bonchev–Trinajstić information content (AvgIpc) is 3.25. The summed E-state index contributed by atoms with van der Waals surface area (Å²) in [5.41, 5.74) is 3.77. The predicted octanol–water partition coefficient (Wildman–Crippen LogP) is 5.74. The number of methoxy groups -OCH3 is 4. The van der Waals surface area contributed by atoms with Gasteiger partial charge in [-0.05, 0) is 47.5 Å². The number of rotatable bonds is 9. The largest absolute Gasteiger partial charge is 0.504 e. The van der Waals surface area contributed by atoms with Crippen LogP contribution in [0.2, 0.25) is 0 Å². The number of phenolic OH excluding ortho intramolecular Hbond substituents is 1. The van der Waals surface area contributed by atoms with E-state index in [0.717, 1.165) is 22.0 Å². The number of carbonyl (C=O) groups excluding carboxylic acids is 1. The Labute approximate surface area is 221 Å². The van der Waals surface area contributed by atoms with Gasteiger partial charge >= 0.3 is 0 Å². The molecule has 0 saturated heterocycles. The van der Waals surface area contributed by atoms with Gasteiger partial charge < -0.3 is 33.9 Å². The first-order valence-electron chi connectivity index (χ1n) is 11.8. The fourth-order valence-electron chi connectivity index (χ4n) is 4.27. The average molecular weight is 515 g/mol. The van der Waals surface area contributed by atoms with Crippen LogP contribution in [0.1, 0.15) is 16.7 Å². The number of hydrogen-bond donors (Lipinski definition) is 2. The maximum absolute atomic E-state index is 12.8. The summed E-state index contributed by atoms with van der Waals surface area (Å²) >= 11 is 0. The van der Waals surface area contributed by atoms with E-state index in [9.17, 15) is 9.90 Å². The van der Waals surface area contributed by atoms with E-state index < -0.39 is 0 Å². The zero-order chi connectivity index (χ0) is 27.2. The molecule has 4 aromatic rings. The van der Waals surface area contributed by atoms with Crippen LogP contribution in [-0.2, 0) is 11.8 Å². The van der Waals surface area contributed by atoms with Gasteiger partial charge in [0.05, 0.1) is 34.1 Å². The lowest BCUT2D eigenvalue weighted by atomic mass is 10.1. The van der Waals surface area contributed by atoms with Gasteiger partial charge in [-0.15, -0.1) is 0 Å². The summed E-state index contributed by atoms with van der Waals surface area (Å²) in [6.45, 7) is 0. The molecule has 0 atom stereocenters. The van der Waals surface area contributed by atoms with Crippen molar-refractivity contribution in [1.82, 2.24) is 4.57 Å². The molecule has 0 aliphatic heterocycles. The number of nitrogens with one attached hydrogen (secondary N) is 1. The first-order chi connectivity index (χ1) is 18.4. The van der Waals surface area contributed by atoms with Crippen LogP contribution in [0.4, 0.5) is 5.69 Å². The maximum atomic E-state index is 12.8. The summed E-state index contributed by atoms with van der Waals surface area (Å²) in [4.78, 5) is 12.8. The Morgan fingerprint density at radius 1 is 0.842 bits per heavy atom. The molecule has 3 aromatic carbocycles. The van der Waals surface area contributed by atoms with E-state index in [1.54, 1.807) is 45.6 Å². The first-order valence-corrected chi connectivity index (χ1v) is 11.8. The van der Waals surface area contributed by atoms with Crippen molar-refractivity contribution in [3.05, 3.63) is 77.5 Å². The molecule has 4 rings (SSSR count). The van der Waals surface area contributed by atoms with Gasteiger partial charge in [0.1, 0.15) is 0 Å². The number of para-hydroxylation sites is 1. The van der Waals surface area contributed by atoms with Crippen molar-refractivity contribution in [2.45, 2.75) is 0 Å². The summed E-state index contributed by atoms with van der Waals surface area (Å²) in [6, 6.07) is 14.9. The third kappa shape index (κ3) is 5.44. The SMILES string of the molecule is COc1cc(C=Cc2cc(O)c(OC)c(NC(=O)/C=C/c3cn(C)c4ccccc34)c2)cc(OC)c1OC. The molecular formula is C30H30N2O6.